The molecule has 1 atom stereocenters. The van der Waals surface area contributed by atoms with E-state index in [1.54, 1.807) is 37.4 Å². The summed E-state index contributed by atoms with van der Waals surface area (Å²) in [4.78, 5) is 26.4. The number of nitrogens with two attached hydrogens (primary N) is 1. The van der Waals surface area contributed by atoms with E-state index in [2.05, 4.69) is 10.2 Å². The highest BCUT2D eigenvalue weighted by Gasteiger charge is 2.47. The Hall–Kier alpha value is -2.81. The molecule has 2 amide bonds. The Bertz CT molecular complexity index is 951. The lowest BCUT2D eigenvalue weighted by molar-refractivity contribution is -0.125. The Morgan fingerprint density at radius 3 is 2.35 bits per heavy atom. The predicted molar refractivity (Wildman–Crippen MR) is 133 cm³/mol. The van der Waals surface area contributed by atoms with Crippen molar-refractivity contribution in [1.82, 2.24) is 15.1 Å². The molecule has 0 aromatic heterocycles. The molecule has 4 rings (SSSR count). The molecule has 2 aliphatic heterocycles. The molecule has 37 heavy (non-hydrogen) atoms. The number of likely N-dealkylation sites (tertiary alicyclic amines) is 2. The largest absolute Gasteiger partial charge is 0.465 e. The van der Waals surface area contributed by atoms with Gasteiger partial charge in [0.15, 0.2) is 0 Å². The third-order valence-electron chi connectivity index (χ3n) is 7.34. The number of hydrogen-bond donors (Lipinski definition) is 3. The van der Waals surface area contributed by atoms with E-state index in [1.807, 2.05) is 6.07 Å². The molecule has 1 aliphatic carbocycles. The lowest BCUT2D eigenvalue weighted by Gasteiger charge is -2.52. The van der Waals surface area contributed by atoms with Crippen molar-refractivity contribution in [2.75, 3.05) is 46.4 Å². The van der Waals surface area contributed by atoms with Crippen LogP contribution in [-0.4, -0.2) is 90.9 Å². The summed E-state index contributed by atoms with van der Waals surface area (Å²) in [6.07, 6.45) is 1.37. The summed E-state index contributed by atoms with van der Waals surface area (Å²) in [6, 6.07) is 8.96. The van der Waals surface area contributed by atoms with Crippen molar-refractivity contribution >= 4 is 12.0 Å². The zero-order chi connectivity index (χ0) is 27.1. The van der Waals surface area contributed by atoms with Gasteiger partial charge in [0.05, 0.1) is 18.7 Å². The Labute approximate surface area is 216 Å². The third kappa shape index (κ3) is 8.35. The summed E-state index contributed by atoms with van der Waals surface area (Å²) >= 11 is 0. The van der Waals surface area contributed by atoms with E-state index < -0.39 is 42.3 Å². The molecule has 1 aromatic carbocycles. The molecule has 2 saturated heterocycles. The van der Waals surface area contributed by atoms with Crippen LogP contribution in [0.4, 0.5) is 13.6 Å². The Morgan fingerprint density at radius 1 is 1.22 bits per heavy atom. The fourth-order valence-electron chi connectivity index (χ4n) is 4.79. The Morgan fingerprint density at radius 2 is 1.84 bits per heavy atom. The number of benzene rings is 1. The lowest BCUT2D eigenvalue weighted by atomic mass is 9.72. The second-order valence-electron chi connectivity index (χ2n) is 10.5. The fourth-order valence-corrected chi connectivity index (χ4v) is 4.79. The van der Waals surface area contributed by atoms with Crippen molar-refractivity contribution in [2.45, 2.75) is 56.0 Å². The van der Waals surface area contributed by atoms with E-state index >= 15 is 0 Å². The van der Waals surface area contributed by atoms with Crippen LogP contribution < -0.4 is 11.1 Å². The summed E-state index contributed by atoms with van der Waals surface area (Å²) in [5.74, 6) is -3.76. The predicted octanol–water partition coefficient (Wildman–Crippen LogP) is 2.46. The number of nitrogens with one attached hydrogen (secondary N) is 1. The van der Waals surface area contributed by atoms with Crippen LogP contribution in [0.25, 0.3) is 0 Å². The van der Waals surface area contributed by atoms with Gasteiger partial charge in [0, 0.05) is 45.0 Å². The number of nitrogens with zero attached hydrogens (tertiary/aromatic N) is 3. The quantitative estimate of drug-likeness (QED) is 0.455. The summed E-state index contributed by atoms with van der Waals surface area (Å²) in [6.45, 7) is 5.41. The van der Waals surface area contributed by atoms with Gasteiger partial charge in [-0.05, 0) is 44.3 Å². The van der Waals surface area contributed by atoms with E-state index in [0.717, 1.165) is 52.2 Å². The van der Waals surface area contributed by atoms with Gasteiger partial charge in [-0.25, -0.2) is 13.6 Å². The highest BCUT2D eigenvalue weighted by Crippen LogP contribution is 2.40. The van der Waals surface area contributed by atoms with Crippen molar-refractivity contribution in [3.63, 3.8) is 0 Å². The number of ether oxygens (including phenoxy) is 1. The molecule has 1 aromatic rings. The van der Waals surface area contributed by atoms with Crippen LogP contribution in [0.15, 0.2) is 30.3 Å². The normalized spacial score (nSPS) is 20.6. The molecule has 9 nitrogen and oxygen atoms in total. The molecule has 3 aliphatic rings. The van der Waals surface area contributed by atoms with E-state index in [0.29, 0.717) is 23.8 Å². The van der Waals surface area contributed by atoms with Gasteiger partial charge in [-0.2, -0.15) is 5.26 Å². The molecule has 0 unspecified atom stereocenters. The molecular formula is C26H37F2N5O4. The summed E-state index contributed by atoms with van der Waals surface area (Å²) in [7, 11) is 1.72. The van der Waals surface area contributed by atoms with Crippen LogP contribution in [0.2, 0.25) is 0 Å². The minimum atomic E-state index is -3.07. The SMILES string of the molecule is COCCN1CCC2(CC1)CN(C(=O)O)C2.N#CC1(NC(=O)[C@@H](N)CC(F)(F)Cc2ccccc2)CC1. The van der Waals surface area contributed by atoms with E-state index in [4.69, 9.17) is 20.8 Å². The van der Waals surface area contributed by atoms with Crippen molar-refractivity contribution in [1.29, 1.82) is 5.26 Å². The number of carboxylic acid groups (broad SMARTS) is 1. The van der Waals surface area contributed by atoms with Gasteiger partial charge >= 0.3 is 6.09 Å². The van der Waals surface area contributed by atoms with Crippen LogP contribution in [-0.2, 0) is 16.0 Å². The number of carbonyl (C=O) groups is 2. The van der Waals surface area contributed by atoms with Gasteiger partial charge in [0.25, 0.3) is 5.92 Å². The number of carbonyl (C=O) groups excluding carboxylic acids is 1. The van der Waals surface area contributed by atoms with Crippen LogP contribution in [0.5, 0.6) is 0 Å². The molecule has 204 valence electrons. The van der Waals surface area contributed by atoms with Crippen LogP contribution in [0.1, 0.15) is 37.7 Å². The minimum absolute atomic E-state index is 0.294. The van der Waals surface area contributed by atoms with Crippen molar-refractivity contribution in [3.05, 3.63) is 35.9 Å². The Kier molecular flexibility index (Phi) is 9.45. The maximum atomic E-state index is 13.9. The van der Waals surface area contributed by atoms with E-state index in [1.165, 1.54) is 4.90 Å². The first kappa shape index (κ1) is 28.8. The summed E-state index contributed by atoms with van der Waals surface area (Å²) < 4.78 is 32.9. The molecule has 0 radical (unpaired) electrons. The molecule has 0 bridgehead atoms. The maximum Gasteiger partial charge on any atom is 0.407 e. The zero-order valence-corrected chi connectivity index (χ0v) is 21.3. The number of alkyl halides is 2. The van der Waals surface area contributed by atoms with Gasteiger partial charge in [0.2, 0.25) is 5.91 Å². The third-order valence-corrected chi connectivity index (χ3v) is 7.34. The fraction of sp³-hybridized carbons (Fsp3) is 0.654. The van der Waals surface area contributed by atoms with Gasteiger partial charge in [-0.3, -0.25) is 4.79 Å². The highest BCUT2D eigenvalue weighted by atomic mass is 19.3. The van der Waals surface area contributed by atoms with Crippen LogP contribution >= 0.6 is 0 Å². The monoisotopic (exact) mass is 521 g/mol. The number of methoxy groups -OCH3 is 1. The minimum Gasteiger partial charge on any atom is -0.465 e. The number of rotatable bonds is 9. The lowest BCUT2D eigenvalue weighted by Crippen LogP contribution is -2.61. The molecule has 1 spiro atoms. The number of nitriles is 1. The molecule has 2 heterocycles. The molecule has 1 saturated carbocycles. The van der Waals surface area contributed by atoms with Crippen LogP contribution in [0.3, 0.4) is 0 Å². The average molecular weight is 522 g/mol. The first-order valence-corrected chi connectivity index (χ1v) is 12.6. The average Bonchev–Trinajstić information content (AvgIpc) is 3.61. The van der Waals surface area contributed by atoms with Gasteiger partial charge < -0.3 is 30.7 Å². The topological polar surface area (TPSA) is 132 Å². The van der Waals surface area contributed by atoms with Crippen molar-refractivity contribution < 1.29 is 28.2 Å². The van der Waals surface area contributed by atoms with Crippen molar-refractivity contribution in [3.8, 4) is 6.07 Å². The summed E-state index contributed by atoms with van der Waals surface area (Å²) in [5.41, 5.74) is 5.44. The number of piperidine rings is 1. The molecule has 3 fully saturated rings. The first-order valence-electron chi connectivity index (χ1n) is 12.6. The highest BCUT2D eigenvalue weighted by molar-refractivity contribution is 5.83. The van der Waals surface area contributed by atoms with E-state index in [9.17, 15) is 18.4 Å². The number of halogens is 2. The zero-order valence-electron chi connectivity index (χ0n) is 21.3. The summed E-state index contributed by atoms with van der Waals surface area (Å²) in [5, 5.41) is 20.1. The number of hydrogen-bond acceptors (Lipinski definition) is 6. The molecule has 4 N–H and O–H groups in total. The second kappa shape index (κ2) is 12.2. The second-order valence-corrected chi connectivity index (χ2v) is 10.5. The first-order chi connectivity index (χ1) is 17.5. The smallest absolute Gasteiger partial charge is 0.407 e. The maximum absolute atomic E-state index is 13.9. The number of amides is 2. The van der Waals surface area contributed by atoms with E-state index in [-0.39, 0.29) is 0 Å². The van der Waals surface area contributed by atoms with Crippen molar-refractivity contribution in [2.24, 2.45) is 11.1 Å². The molecular weight excluding hydrogens is 484 g/mol. The van der Waals surface area contributed by atoms with Gasteiger partial charge in [0.1, 0.15) is 5.54 Å². The standard InChI is InChI=1S/C15H17F2N3O.C11H20N2O3/c16-15(17,8-11-4-2-1-3-5-11)9-12(19)13(21)20-14(10-18)6-7-14;1-16-7-6-12-4-2-11(3-5-12)8-13(9-11)10(14)15/h1-5,12H,6-9,19H2,(H,20,21);2-9H2,1H3,(H,14,15)/t12-;/m0./s1. The van der Waals surface area contributed by atoms with Gasteiger partial charge in [-0.15, -0.1) is 0 Å². The Balaban J connectivity index is 0.000000213. The molecule has 11 heteroatoms. The van der Waals surface area contributed by atoms with Gasteiger partial charge in [-0.1, -0.05) is 30.3 Å². The van der Waals surface area contributed by atoms with Crippen LogP contribution in [0, 0.1) is 16.7 Å².